The standard InChI is InChI=1S/C13H15NO5S2/c1-8(7-10-4-3-9(2)20-10)14-21(17,18)12-6-5-11(19-12)13(15)16/h3-6,8,14H,7H2,1-2H3,(H,15,16). The quantitative estimate of drug-likeness (QED) is 0.847. The smallest absolute Gasteiger partial charge is 0.371 e. The Morgan fingerprint density at radius 1 is 1.38 bits per heavy atom. The number of aryl methyl sites for hydroxylation is 1. The van der Waals surface area contributed by atoms with Crippen LogP contribution in [0.2, 0.25) is 0 Å². The Balaban J connectivity index is 2.07. The van der Waals surface area contributed by atoms with Crippen molar-refractivity contribution >= 4 is 27.3 Å². The van der Waals surface area contributed by atoms with Gasteiger partial charge in [0.1, 0.15) is 0 Å². The van der Waals surface area contributed by atoms with Gasteiger partial charge >= 0.3 is 5.97 Å². The van der Waals surface area contributed by atoms with Crippen LogP contribution < -0.4 is 4.72 Å². The third-order valence-corrected chi connectivity index (χ3v) is 5.20. The predicted molar refractivity (Wildman–Crippen MR) is 78.2 cm³/mol. The Hall–Kier alpha value is -1.64. The first kappa shape index (κ1) is 15.7. The first-order valence-corrected chi connectivity index (χ1v) is 8.48. The van der Waals surface area contributed by atoms with Gasteiger partial charge < -0.3 is 9.52 Å². The van der Waals surface area contributed by atoms with Crippen LogP contribution in [0.4, 0.5) is 0 Å². The Morgan fingerprint density at radius 2 is 2.10 bits per heavy atom. The molecule has 0 fully saturated rings. The molecule has 6 nitrogen and oxygen atoms in total. The van der Waals surface area contributed by atoms with Crippen LogP contribution in [0.25, 0.3) is 0 Å². The van der Waals surface area contributed by atoms with E-state index in [1.54, 1.807) is 18.3 Å². The zero-order valence-electron chi connectivity index (χ0n) is 11.5. The second-order valence-electron chi connectivity index (χ2n) is 4.66. The van der Waals surface area contributed by atoms with Crippen molar-refractivity contribution in [1.29, 1.82) is 0 Å². The van der Waals surface area contributed by atoms with Gasteiger partial charge in [-0.25, -0.2) is 17.9 Å². The molecule has 114 valence electrons. The fraction of sp³-hybridized carbons (Fsp3) is 0.308. The van der Waals surface area contributed by atoms with Crippen molar-refractivity contribution in [3.05, 3.63) is 39.8 Å². The van der Waals surface area contributed by atoms with E-state index in [9.17, 15) is 13.2 Å². The molecule has 1 atom stereocenters. The van der Waals surface area contributed by atoms with Gasteiger partial charge in [0.15, 0.2) is 0 Å². The number of furan rings is 1. The van der Waals surface area contributed by atoms with Gasteiger partial charge in [-0.1, -0.05) is 0 Å². The summed E-state index contributed by atoms with van der Waals surface area (Å²) in [5.74, 6) is -1.71. The third kappa shape index (κ3) is 3.93. The van der Waals surface area contributed by atoms with Gasteiger partial charge in [-0.2, -0.15) is 0 Å². The normalized spacial score (nSPS) is 13.2. The van der Waals surface area contributed by atoms with Crippen LogP contribution in [0.1, 0.15) is 27.2 Å². The number of rotatable bonds is 6. The molecule has 0 aromatic carbocycles. The number of carbonyl (C=O) groups is 1. The molecular formula is C13H15NO5S2. The number of carboxylic acid groups (broad SMARTS) is 1. The Labute approximate surface area is 126 Å². The minimum atomic E-state index is -3.86. The number of sulfonamides is 1. The molecule has 21 heavy (non-hydrogen) atoms. The predicted octanol–water partition coefficient (Wildman–Crippen LogP) is 2.26. The summed E-state index contributed by atoms with van der Waals surface area (Å²) < 4.78 is 31.5. The first-order chi connectivity index (χ1) is 9.78. The molecule has 0 bridgehead atoms. The van der Waals surface area contributed by atoms with Gasteiger partial charge in [0.2, 0.25) is 10.9 Å². The van der Waals surface area contributed by atoms with Gasteiger partial charge in [-0.15, -0.1) is 11.3 Å². The Bertz CT molecular complexity index is 744. The van der Waals surface area contributed by atoms with Crippen LogP contribution >= 0.6 is 11.3 Å². The van der Waals surface area contributed by atoms with E-state index in [4.69, 9.17) is 9.52 Å². The molecule has 0 saturated heterocycles. The van der Waals surface area contributed by atoms with Gasteiger partial charge in [0.25, 0.3) is 10.0 Å². The summed E-state index contributed by atoms with van der Waals surface area (Å²) in [4.78, 5) is 12.9. The van der Waals surface area contributed by atoms with E-state index in [1.807, 2.05) is 19.1 Å². The summed E-state index contributed by atoms with van der Waals surface area (Å²) in [5, 5.41) is 8.34. The number of aromatic carboxylic acids is 1. The number of hydrogen-bond acceptors (Lipinski definition) is 5. The second kappa shape index (κ2) is 6.00. The summed E-state index contributed by atoms with van der Waals surface area (Å²) in [6.07, 6.45) is 0.560. The number of hydrogen-bond donors (Lipinski definition) is 2. The molecule has 1 unspecified atom stereocenters. The van der Waals surface area contributed by atoms with E-state index < -0.39 is 26.8 Å². The number of carboxylic acids is 1. The summed E-state index contributed by atoms with van der Waals surface area (Å²) in [6.45, 7) is 3.73. The zero-order chi connectivity index (χ0) is 15.6. The molecule has 0 saturated carbocycles. The van der Waals surface area contributed by atoms with E-state index in [2.05, 4.69) is 4.72 Å². The highest BCUT2D eigenvalue weighted by atomic mass is 32.2. The maximum absolute atomic E-state index is 12.1. The maximum atomic E-state index is 12.1. The highest BCUT2D eigenvalue weighted by Crippen LogP contribution is 2.18. The molecule has 2 aromatic heterocycles. The average molecular weight is 329 g/mol. The summed E-state index contributed by atoms with van der Waals surface area (Å²) in [6, 6.07) is 5.86. The minimum absolute atomic E-state index is 0.327. The van der Waals surface area contributed by atoms with Crippen LogP contribution in [-0.4, -0.2) is 25.5 Å². The molecule has 2 rings (SSSR count). The van der Waals surface area contributed by atoms with Crippen molar-refractivity contribution in [3.63, 3.8) is 0 Å². The average Bonchev–Trinajstić information content (AvgIpc) is 2.97. The molecular weight excluding hydrogens is 314 g/mol. The number of thiophene rings is 1. The van der Waals surface area contributed by atoms with Crippen molar-refractivity contribution < 1.29 is 22.7 Å². The van der Waals surface area contributed by atoms with Crippen LogP contribution in [0, 0.1) is 6.92 Å². The fourth-order valence-corrected chi connectivity index (χ4v) is 4.04. The molecule has 0 amide bonds. The largest absolute Gasteiger partial charge is 0.475 e. The zero-order valence-corrected chi connectivity index (χ0v) is 13.1. The van der Waals surface area contributed by atoms with E-state index in [1.165, 1.54) is 0 Å². The lowest BCUT2D eigenvalue weighted by Crippen LogP contribution is -2.33. The Morgan fingerprint density at radius 3 is 2.62 bits per heavy atom. The molecule has 8 heteroatoms. The van der Waals surface area contributed by atoms with Gasteiger partial charge in [0, 0.05) is 15.8 Å². The minimum Gasteiger partial charge on any atom is -0.475 e. The lowest BCUT2D eigenvalue weighted by atomic mass is 10.2. The van der Waals surface area contributed by atoms with Crippen molar-refractivity contribution in [2.75, 3.05) is 0 Å². The lowest BCUT2D eigenvalue weighted by Gasteiger charge is -2.11. The molecule has 0 aliphatic heterocycles. The van der Waals surface area contributed by atoms with Gasteiger partial charge in [0.05, 0.1) is 0 Å². The molecule has 0 aliphatic carbocycles. The lowest BCUT2D eigenvalue weighted by molar-refractivity contribution is 0.0656. The Kier molecular flexibility index (Phi) is 4.50. The number of nitrogens with one attached hydrogen (secondary N) is 1. The highest BCUT2D eigenvalue weighted by Gasteiger charge is 2.23. The van der Waals surface area contributed by atoms with Crippen molar-refractivity contribution in [1.82, 2.24) is 4.72 Å². The maximum Gasteiger partial charge on any atom is 0.371 e. The third-order valence-electron chi connectivity index (χ3n) is 2.72. The molecule has 2 heterocycles. The molecule has 2 aromatic rings. The molecule has 0 aliphatic rings. The fourth-order valence-electron chi connectivity index (χ4n) is 1.84. The summed E-state index contributed by atoms with van der Waals surface area (Å²) >= 11 is 1.61. The van der Waals surface area contributed by atoms with Crippen LogP contribution in [-0.2, 0) is 16.4 Å². The molecule has 0 radical (unpaired) electrons. The van der Waals surface area contributed by atoms with Crippen molar-refractivity contribution in [2.45, 2.75) is 31.4 Å². The van der Waals surface area contributed by atoms with Gasteiger partial charge in [-0.05, 0) is 44.5 Å². The van der Waals surface area contributed by atoms with Gasteiger partial charge in [-0.3, -0.25) is 0 Å². The van der Waals surface area contributed by atoms with E-state index in [0.717, 1.165) is 21.9 Å². The van der Waals surface area contributed by atoms with E-state index in [-0.39, 0.29) is 6.04 Å². The molecule has 0 spiro atoms. The second-order valence-corrected chi connectivity index (χ2v) is 7.68. The first-order valence-electron chi connectivity index (χ1n) is 6.19. The van der Waals surface area contributed by atoms with Crippen LogP contribution in [0.5, 0.6) is 0 Å². The highest BCUT2D eigenvalue weighted by molar-refractivity contribution is 7.89. The van der Waals surface area contributed by atoms with Crippen LogP contribution in [0.15, 0.2) is 33.8 Å². The summed E-state index contributed by atoms with van der Waals surface area (Å²) in [7, 11) is -3.86. The van der Waals surface area contributed by atoms with Crippen molar-refractivity contribution in [3.8, 4) is 0 Å². The monoisotopic (exact) mass is 329 g/mol. The van der Waals surface area contributed by atoms with E-state index >= 15 is 0 Å². The van der Waals surface area contributed by atoms with Crippen LogP contribution in [0.3, 0.4) is 0 Å². The summed E-state index contributed by atoms with van der Waals surface area (Å²) in [5.41, 5.74) is 0. The SMILES string of the molecule is Cc1ccc(CC(C)NS(=O)(=O)c2ccc(C(=O)O)o2)s1. The topological polar surface area (TPSA) is 96.6 Å². The molecule has 2 N–H and O–H groups in total. The van der Waals surface area contributed by atoms with Crippen molar-refractivity contribution in [2.24, 2.45) is 0 Å². The van der Waals surface area contributed by atoms with E-state index in [0.29, 0.717) is 6.42 Å².